The lowest BCUT2D eigenvalue weighted by atomic mass is 10.1. The molecule has 3 aromatic carbocycles. The number of ether oxygens (including phenoxy) is 1. The van der Waals surface area contributed by atoms with Gasteiger partial charge in [0.2, 0.25) is 5.91 Å². The largest absolute Gasteiger partial charge is 0.496 e. The van der Waals surface area contributed by atoms with Gasteiger partial charge in [0.15, 0.2) is 0 Å². The van der Waals surface area contributed by atoms with Crippen LogP contribution in [0.5, 0.6) is 5.75 Å². The summed E-state index contributed by atoms with van der Waals surface area (Å²) in [4.78, 5) is 40.1. The van der Waals surface area contributed by atoms with E-state index >= 15 is 0 Å². The van der Waals surface area contributed by atoms with Crippen LogP contribution in [0.2, 0.25) is 0 Å². The highest BCUT2D eigenvalue weighted by molar-refractivity contribution is 5.92. The molecule has 0 spiro atoms. The molecule has 3 N–H and O–H groups in total. The summed E-state index contributed by atoms with van der Waals surface area (Å²) in [5.74, 6) is 0.379. The van der Waals surface area contributed by atoms with Crippen LogP contribution >= 0.6 is 0 Å². The van der Waals surface area contributed by atoms with Gasteiger partial charge in [-0.3, -0.25) is 4.79 Å². The van der Waals surface area contributed by atoms with Gasteiger partial charge in [0.25, 0.3) is 4.92 Å². The van der Waals surface area contributed by atoms with Crippen molar-refractivity contribution in [1.29, 1.82) is 0 Å². The molecule has 1 aliphatic rings. The van der Waals surface area contributed by atoms with Crippen molar-refractivity contribution >= 4 is 34.7 Å². The van der Waals surface area contributed by atoms with Crippen molar-refractivity contribution in [3.8, 4) is 5.75 Å². The van der Waals surface area contributed by atoms with Crippen LogP contribution < -0.4 is 20.3 Å². The maximum Gasteiger partial charge on any atom is 0.343 e. The first kappa shape index (κ1) is 26.5. The number of benzene rings is 3. The number of methoxy groups -OCH3 is 1. The van der Waals surface area contributed by atoms with Gasteiger partial charge in [-0.2, -0.15) is 0 Å². The molecular weight excluding hydrogens is 486 g/mol. The average Bonchev–Trinajstić information content (AvgIpc) is 2.94. The second kappa shape index (κ2) is 12.6. The first-order valence-corrected chi connectivity index (χ1v) is 12.5. The molecular formula is C28H32N5O5+. The molecule has 0 radical (unpaired) electrons. The van der Waals surface area contributed by atoms with Crippen molar-refractivity contribution in [3.05, 3.63) is 83.3 Å². The Balaban J connectivity index is 1.24. The Morgan fingerprint density at radius 1 is 0.947 bits per heavy atom. The van der Waals surface area contributed by atoms with Crippen LogP contribution in [-0.4, -0.2) is 60.3 Å². The molecule has 1 aliphatic heterocycles. The quantitative estimate of drug-likeness (QED) is 0.350. The molecule has 0 atom stereocenters. The second-order valence-electron chi connectivity index (χ2n) is 8.99. The smallest absolute Gasteiger partial charge is 0.343 e. The van der Waals surface area contributed by atoms with E-state index in [1.54, 1.807) is 11.0 Å². The Morgan fingerprint density at radius 3 is 2.32 bits per heavy atom. The van der Waals surface area contributed by atoms with Crippen LogP contribution in [0.1, 0.15) is 18.4 Å². The fourth-order valence-electron chi connectivity index (χ4n) is 4.34. The van der Waals surface area contributed by atoms with E-state index in [4.69, 9.17) is 4.74 Å². The van der Waals surface area contributed by atoms with Crippen molar-refractivity contribution in [3.63, 3.8) is 0 Å². The van der Waals surface area contributed by atoms with Crippen LogP contribution in [0.3, 0.4) is 0 Å². The number of nitrogens with zero attached hydrogens (tertiary/aromatic N) is 3. The van der Waals surface area contributed by atoms with E-state index in [0.717, 1.165) is 24.2 Å². The lowest BCUT2D eigenvalue weighted by Gasteiger charge is -2.36. The summed E-state index contributed by atoms with van der Waals surface area (Å²) in [6.07, 6.45) is 2.13. The number of hydrogen-bond donors (Lipinski definition) is 3. The van der Waals surface area contributed by atoms with E-state index in [0.29, 0.717) is 38.3 Å². The minimum atomic E-state index is -0.358. The van der Waals surface area contributed by atoms with Crippen LogP contribution in [0, 0.1) is 4.91 Å². The number of rotatable bonds is 9. The summed E-state index contributed by atoms with van der Waals surface area (Å²) in [5, 5.41) is 15.0. The molecule has 1 heterocycles. The number of carbonyl (C=O) groups is 2. The standard InChI is InChI=1S/C28H31N5O5/c1-38-24-14-15-25(26(20-24)33(36)37)30-28(35)32-18-16-31(17-19-32)23-12-10-22(11-13-23)29-27(34)9-5-8-21-6-3-2-4-7-21/h2-4,6-7,10-15,20H,5,8-9,16-19H2,1H3,(H2-,29,30,34,35,36,37)/p+1. The molecule has 3 aromatic rings. The van der Waals surface area contributed by atoms with Crippen LogP contribution in [0.25, 0.3) is 0 Å². The number of anilines is 3. The van der Waals surface area contributed by atoms with Gasteiger partial charge in [-0.15, -0.1) is 0 Å². The highest BCUT2D eigenvalue weighted by Crippen LogP contribution is 2.29. The molecule has 10 heteroatoms. The zero-order valence-electron chi connectivity index (χ0n) is 21.3. The molecule has 0 aromatic heterocycles. The third-order valence-corrected chi connectivity index (χ3v) is 6.45. The predicted molar refractivity (Wildman–Crippen MR) is 145 cm³/mol. The Hall–Kier alpha value is -4.60. The van der Waals surface area contributed by atoms with Gasteiger partial charge in [0.05, 0.1) is 18.1 Å². The molecule has 0 saturated carbocycles. The zero-order valence-corrected chi connectivity index (χ0v) is 21.3. The molecule has 1 fully saturated rings. The van der Waals surface area contributed by atoms with E-state index < -0.39 is 0 Å². The molecule has 1 saturated heterocycles. The summed E-state index contributed by atoms with van der Waals surface area (Å²) in [5.41, 5.74) is 3.06. The summed E-state index contributed by atoms with van der Waals surface area (Å²) in [7, 11) is 1.45. The summed E-state index contributed by atoms with van der Waals surface area (Å²) >= 11 is 0. The number of nitrogens with one attached hydrogen (secondary N) is 2. The summed E-state index contributed by atoms with van der Waals surface area (Å²) in [6, 6.07) is 21.9. The number of hydrogen-bond acceptors (Lipinski definition) is 5. The van der Waals surface area contributed by atoms with Gasteiger partial charge in [-0.05, 0) is 54.8 Å². The Morgan fingerprint density at radius 2 is 1.66 bits per heavy atom. The minimum absolute atomic E-state index is 0.00498. The van der Waals surface area contributed by atoms with E-state index in [9.17, 15) is 19.7 Å². The molecule has 198 valence electrons. The molecule has 3 amide bonds. The topological polar surface area (TPSA) is 114 Å². The fraction of sp³-hybridized carbons (Fsp3) is 0.286. The van der Waals surface area contributed by atoms with Gasteiger partial charge >= 0.3 is 11.7 Å². The monoisotopic (exact) mass is 518 g/mol. The maximum atomic E-state index is 12.8. The first-order chi connectivity index (χ1) is 18.4. The maximum absolute atomic E-state index is 12.8. The lowest BCUT2D eigenvalue weighted by Crippen LogP contribution is -2.50. The molecule has 0 aliphatic carbocycles. The molecule has 0 unspecified atom stereocenters. The van der Waals surface area contributed by atoms with Gasteiger partial charge in [0.1, 0.15) is 11.4 Å². The number of urea groups is 1. The van der Waals surface area contributed by atoms with Crippen LogP contribution in [0.15, 0.2) is 72.8 Å². The molecule has 10 nitrogen and oxygen atoms in total. The lowest BCUT2D eigenvalue weighted by molar-refractivity contribution is -0.729. The van der Waals surface area contributed by atoms with E-state index in [1.807, 2.05) is 42.5 Å². The van der Waals surface area contributed by atoms with E-state index in [-0.39, 0.29) is 28.2 Å². The van der Waals surface area contributed by atoms with Gasteiger partial charge in [-0.25, -0.2) is 10.0 Å². The highest BCUT2D eigenvalue weighted by Gasteiger charge is 2.26. The zero-order chi connectivity index (χ0) is 26.9. The number of aryl methyl sites for hydroxylation is 1. The van der Waals surface area contributed by atoms with Crippen molar-refractivity contribution in [2.45, 2.75) is 19.3 Å². The molecule has 0 bridgehead atoms. The highest BCUT2D eigenvalue weighted by atomic mass is 16.6. The summed E-state index contributed by atoms with van der Waals surface area (Å²) in [6.45, 7) is 2.22. The van der Waals surface area contributed by atoms with Gasteiger partial charge < -0.3 is 25.2 Å². The van der Waals surface area contributed by atoms with Crippen molar-refractivity contribution < 1.29 is 24.5 Å². The second-order valence-corrected chi connectivity index (χ2v) is 8.99. The normalized spacial score (nSPS) is 13.1. The van der Waals surface area contributed by atoms with Crippen LogP contribution in [-0.2, 0) is 11.2 Å². The third kappa shape index (κ3) is 7.00. The number of carbonyl (C=O) groups excluding carboxylic acids is 2. The average molecular weight is 519 g/mol. The SMILES string of the molecule is COc1ccc(NC(=O)N2CCN(c3ccc(NC(=O)CCCc4ccccc4)cc3)CC2)c([N+](=O)O)c1. The number of piperazine rings is 1. The fourth-order valence-corrected chi connectivity index (χ4v) is 4.34. The minimum Gasteiger partial charge on any atom is -0.496 e. The van der Waals surface area contributed by atoms with Crippen molar-refractivity contribution in [2.75, 3.05) is 48.8 Å². The summed E-state index contributed by atoms with van der Waals surface area (Å²) < 4.78 is 5.07. The first-order valence-electron chi connectivity index (χ1n) is 12.5. The molecule has 4 rings (SSSR count). The third-order valence-electron chi connectivity index (χ3n) is 6.45. The Labute approximate surface area is 221 Å². The van der Waals surface area contributed by atoms with Gasteiger partial charge in [-0.1, -0.05) is 30.3 Å². The Kier molecular flexibility index (Phi) is 8.76. The van der Waals surface area contributed by atoms with Gasteiger partial charge in [0, 0.05) is 44.0 Å². The predicted octanol–water partition coefficient (Wildman–Crippen LogP) is 4.81. The Bertz CT molecular complexity index is 1260. The molecule has 38 heavy (non-hydrogen) atoms. The van der Waals surface area contributed by atoms with Crippen molar-refractivity contribution in [1.82, 2.24) is 4.90 Å². The number of amides is 3. The van der Waals surface area contributed by atoms with Crippen molar-refractivity contribution in [2.24, 2.45) is 0 Å². The van der Waals surface area contributed by atoms with E-state index in [2.05, 4.69) is 27.7 Å². The van der Waals surface area contributed by atoms with Crippen LogP contribution in [0.4, 0.5) is 27.5 Å². The van der Waals surface area contributed by atoms with E-state index in [1.165, 1.54) is 24.8 Å².